The van der Waals surface area contributed by atoms with E-state index in [-0.39, 0.29) is 5.82 Å². The fraction of sp³-hybridized carbons (Fsp3) is 0.500. The number of nitrogens with zero attached hydrogens (tertiary/aromatic N) is 3. The summed E-state index contributed by atoms with van der Waals surface area (Å²) in [5.41, 5.74) is 0.501. The highest BCUT2D eigenvalue weighted by molar-refractivity contribution is 5.47. The summed E-state index contributed by atoms with van der Waals surface area (Å²) in [6.45, 7) is 8.76. The summed E-state index contributed by atoms with van der Waals surface area (Å²) in [5.74, 6) is 0.532. The Morgan fingerprint density at radius 2 is 1.90 bits per heavy atom. The van der Waals surface area contributed by atoms with Crippen LogP contribution >= 0.6 is 0 Å². The van der Waals surface area contributed by atoms with Crippen molar-refractivity contribution in [3.8, 4) is 11.5 Å². The first-order valence-electron chi connectivity index (χ1n) is 6.88. The molecule has 0 aliphatic carbocycles. The zero-order valence-electron chi connectivity index (χ0n) is 12.8. The third-order valence-corrected chi connectivity index (χ3v) is 2.01. The lowest BCUT2D eigenvalue weighted by molar-refractivity contribution is 0.377. The van der Waals surface area contributed by atoms with Gasteiger partial charge >= 0.3 is 0 Å². The van der Waals surface area contributed by atoms with Crippen LogP contribution in [0.15, 0.2) is 22.9 Å². The van der Waals surface area contributed by atoms with Crippen molar-refractivity contribution in [2.45, 2.75) is 34.1 Å². The average molecular weight is 282 g/mol. The fourth-order valence-corrected chi connectivity index (χ4v) is 1.20. The average Bonchev–Trinajstić information content (AvgIpc) is 2.99. The van der Waals surface area contributed by atoms with E-state index >= 15 is 0 Å². The summed E-state index contributed by atoms with van der Waals surface area (Å²) in [6, 6.07) is 2.83. The molecule has 0 aromatic carbocycles. The van der Waals surface area contributed by atoms with Crippen molar-refractivity contribution in [2.24, 2.45) is 0 Å². The largest absolute Gasteiger partial charge is 0.339 e. The van der Waals surface area contributed by atoms with Crippen molar-refractivity contribution in [3.05, 3.63) is 30.0 Å². The fourth-order valence-electron chi connectivity index (χ4n) is 1.20. The minimum atomic E-state index is -0.386. The first-order chi connectivity index (χ1) is 9.79. The van der Waals surface area contributed by atoms with E-state index in [4.69, 9.17) is 4.52 Å². The Morgan fingerprint density at radius 1 is 1.20 bits per heavy atom. The van der Waals surface area contributed by atoms with Crippen LogP contribution < -0.4 is 5.32 Å². The molecule has 1 N–H and O–H groups in total. The number of pyridine rings is 1. The molecule has 0 atom stereocenters. The molecule has 2 aromatic heterocycles. The molecule has 0 aliphatic rings. The number of nitrogens with one attached hydrogen (secondary N) is 1. The van der Waals surface area contributed by atoms with E-state index in [1.54, 1.807) is 0 Å². The molecule has 0 aliphatic heterocycles. The van der Waals surface area contributed by atoms with Gasteiger partial charge in [-0.25, -0.2) is 9.37 Å². The molecule has 6 heteroatoms. The lowest BCUT2D eigenvalue weighted by Crippen LogP contribution is -2.10. The van der Waals surface area contributed by atoms with Gasteiger partial charge in [0.2, 0.25) is 11.7 Å². The Hall–Kier alpha value is -1.82. The van der Waals surface area contributed by atoms with Gasteiger partial charge in [0, 0.05) is 13.0 Å². The third-order valence-electron chi connectivity index (χ3n) is 2.01. The Kier molecular flexibility index (Phi) is 10.0. The second-order valence-electron chi connectivity index (χ2n) is 3.23. The van der Waals surface area contributed by atoms with Crippen LogP contribution in [0.3, 0.4) is 0 Å². The van der Waals surface area contributed by atoms with E-state index < -0.39 is 0 Å². The molecule has 2 rings (SSSR count). The summed E-state index contributed by atoms with van der Waals surface area (Å²) in [5, 5.41) is 6.75. The SMILES string of the molecule is CC.CC.CNCCc1nc(-c2ccc(F)cn2)no1. The molecule has 0 fully saturated rings. The highest BCUT2D eigenvalue weighted by Gasteiger charge is 2.09. The van der Waals surface area contributed by atoms with E-state index in [2.05, 4.69) is 20.4 Å². The van der Waals surface area contributed by atoms with Crippen LogP contribution in [0.1, 0.15) is 33.6 Å². The number of rotatable bonds is 4. The summed E-state index contributed by atoms with van der Waals surface area (Å²) in [6.07, 6.45) is 1.78. The molecular formula is C14H23FN4O. The number of aromatic nitrogens is 3. The Morgan fingerprint density at radius 3 is 2.45 bits per heavy atom. The number of halogens is 1. The van der Waals surface area contributed by atoms with Crippen LogP contribution in [0.2, 0.25) is 0 Å². The van der Waals surface area contributed by atoms with Gasteiger partial charge in [-0.05, 0) is 19.2 Å². The topological polar surface area (TPSA) is 63.8 Å². The van der Waals surface area contributed by atoms with Gasteiger partial charge in [0.1, 0.15) is 11.5 Å². The van der Waals surface area contributed by atoms with E-state index in [0.717, 1.165) is 12.7 Å². The maximum Gasteiger partial charge on any atom is 0.228 e. The van der Waals surface area contributed by atoms with Crippen molar-refractivity contribution >= 4 is 0 Å². The van der Waals surface area contributed by atoms with Crippen LogP contribution in [0.5, 0.6) is 0 Å². The molecule has 112 valence electrons. The van der Waals surface area contributed by atoms with Gasteiger partial charge in [-0.15, -0.1) is 0 Å². The van der Waals surface area contributed by atoms with E-state index in [9.17, 15) is 4.39 Å². The van der Waals surface area contributed by atoms with Crippen molar-refractivity contribution < 1.29 is 8.91 Å². The number of hydrogen-bond donors (Lipinski definition) is 1. The highest BCUT2D eigenvalue weighted by atomic mass is 19.1. The van der Waals surface area contributed by atoms with Crippen LogP contribution in [0.25, 0.3) is 11.5 Å². The van der Waals surface area contributed by atoms with Crippen LogP contribution in [0, 0.1) is 5.82 Å². The predicted molar refractivity (Wildman–Crippen MR) is 77.8 cm³/mol. The third kappa shape index (κ3) is 5.88. The minimum Gasteiger partial charge on any atom is -0.339 e. The van der Waals surface area contributed by atoms with E-state index in [1.165, 1.54) is 12.1 Å². The standard InChI is InChI=1S/C10H11FN4O.2C2H6/c1-12-5-4-9-14-10(15-16-9)8-3-2-7(11)6-13-8;2*1-2/h2-3,6,12H,4-5H2,1H3;2*1-2H3. The van der Waals surface area contributed by atoms with Crippen LogP contribution in [-0.2, 0) is 6.42 Å². The van der Waals surface area contributed by atoms with Crippen LogP contribution in [0.4, 0.5) is 4.39 Å². The second kappa shape index (κ2) is 11.0. The quantitative estimate of drug-likeness (QED) is 0.933. The highest BCUT2D eigenvalue weighted by Crippen LogP contribution is 2.12. The van der Waals surface area contributed by atoms with Gasteiger partial charge in [-0.3, -0.25) is 0 Å². The maximum atomic E-state index is 12.6. The monoisotopic (exact) mass is 282 g/mol. The first-order valence-corrected chi connectivity index (χ1v) is 6.88. The summed E-state index contributed by atoms with van der Waals surface area (Å²) < 4.78 is 17.7. The van der Waals surface area contributed by atoms with Gasteiger partial charge in [-0.2, -0.15) is 4.98 Å². The second-order valence-corrected chi connectivity index (χ2v) is 3.23. The smallest absolute Gasteiger partial charge is 0.228 e. The molecule has 5 nitrogen and oxygen atoms in total. The molecule has 20 heavy (non-hydrogen) atoms. The summed E-state index contributed by atoms with van der Waals surface area (Å²) in [7, 11) is 1.85. The maximum absolute atomic E-state index is 12.6. The zero-order chi connectivity index (χ0) is 15.4. The van der Waals surface area contributed by atoms with Crippen LogP contribution in [-0.4, -0.2) is 28.7 Å². The number of hydrogen-bond acceptors (Lipinski definition) is 5. The van der Waals surface area contributed by atoms with Crippen molar-refractivity contribution in [1.29, 1.82) is 0 Å². The molecule has 2 heterocycles. The zero-order valence-corrected chi connectivity index (χ0v) is 12.8. The molecule has 0 saturated carbocycles. The summed E-state index contributed by atoms with van der Waals surface area (Å²) >= 11 is 0. The van der Waals surface area contributed by atoms with Gasteiger partial charge in [0.25, 0.3) is 0 Å². The van der Waals surface area contributed by atoms with E-state index in [0.29, 0.717) is 23.8 Å². The van der Waals surface area contributed by atoms with Gasteiger partial charge in [-0.1, -0.05) is 32.9 Å². The molecule has 2 aromatic rings. The molecule has 0 bridgehead atoms. The molecule has 0 saturated heterocycles. The molecule has 0 unspecified atom stereocenters. The van der Waals surface area contributed by atoms with Gasteiger partial charge < -0.3 is 9.84 Å². The normalized spacial score (nSPS) is 9.10. The summed E-state index contributed by atoms with van der Waals surface area (Å²) in [4.78, 5) is 8.01. The lowest BCUT2D eigenvalue weighted by Gasteiger charge is -1.92. The molecule has 0 spiro atoms. The lowest BCUT2D eigenvalue weighted by atomic mass is 10.3. The molecule has 0 radical (unpaired) electrons. The van der Waals surface area contributed by atoms with Crippen molar-refractivity contribution in [2.75, 3.05) is 13.6 Å². The number of likely N-dealkylation sites (N-methyl/N-ethyl adjacent to an activating group) is 1. The van der Waals surface area contributed by atoms with Gasteiger partial charge in [0.05, 0.1) is 6.20 Å². The van der Waals surface area contributed by atoms with E-state index in [1.807, 2.05) is 34.7 Å². The first kappa shape index (κ1) is 18.2. The van der Waals surface area contributed by atoms with Crippen molar-refractivity contribution in [3.63, 3.8) is 0 Å². The molecule has 0 amide bonds. The minimum absolute atomic E-state index is 0.381. The Labute approximate surface area is 119 Å². The Balaban J connectivity index is 0.000000829. The molecular weight excluding hydrogens is 259 g/mol. The van der Waals surface area contributed by atoms with Crippen molar-refractivity contribution in [1.82, 2.24) is 20.4 Å². The predicted octanol–water partition coefficient (Wildman–Crippen LogP) is 3.09. The Bertz CT molecular complexity index is 456. The van der Waals surface area contributed by atoms with Gasteiger partial charge in [0.15, 0.2) is 0 Å².